The van der Waals surface area contributed by atoms with Crippen LogP contribution in [0.4, 0.5) is 0 Å². The lowest BCUT2D eigenvalue weighted by Gasteiger charge is -2.34. The predicted octanol–water partition coefficient (Wildman–Crippen LogP) is 10.6. The smallest absolute Gasteiger partial charge is 0.218 e. The minimum atomic E-state index is -0.555. The van der Waals surface area contributed by atoms with Crippen LogP contribution in [0.3, 0.4) is 0 Å². The summed E-state index contributed by atoms with van der Waals surface area (Å²) in [6.45, 7) is 17.0. The van der Waals surface area contributed by atoms with Gasteiger partial charge in [0.15, 0.2) is 0 Å². The largest absolute Gasteiger partial charge is 0.465 e. The summed E-state index contributed by atoms with van der Waals surface area (Å²) in [7, 11) is 0. The number of nitrogens with zero attached hydrogens (tertiary/aromatic N) is 4. The molecule has 0 unspecified atom stereocenters. The van der Waals surface area contributed by atoms with E-state index in [1.54, 1.807) is 0 Å². The van der Waals surface area contributed by atoms with Crippen molar-refractivity contribution in [1.29, 1.82) is 0 Å². The standard InChI is InChI=1S/C35H52N4O2/c1-31(2,3)36-38-34(23-11-9-12-24-34)40-29-19-15-27(16-20-29)33(7,8)28-17-21-30(22-18-28)41-35(25-13-10-14-26-35)39-37-32(4,5)6/h15-22H,9-14,23-26H2,1-8H3. The Balaban J connectivity index is 1.48. The number of ether oxygens (including phenoxy) is 2. The van der Waals surface area contributed by atoms with Crippen LogP contribution in [-0.4, -0.2) is 22.5 Å². The molecule has 0 radical (unpaired) electrons. The van der Waals surface area contributed by atoms with Crippen LogP contribution in [0.1, 0.15) is 131 Å². The van der Waals surface area contributed by atoms with Gasteiger partial charge < -0.3 is 9.47 Å². The third kappa shape index (κ3) is 8.62. The fourth-order valence-electron chi connectivity index (χ4n) is 5.62. The number of hydrogen-bond acceptors (Lipinski definition) is 6. The Morgan fingerprint density at radius 1 is 0.488 bits per heavy atom. The van der Waals surface area contributed by atoms with Crippen LogP contribution in [0.25, 0.3) is 0 Å². The first kappa shape index (κ1) is 31.2. The highest BCUT2D eigenvalue weighted by molar-refractivity contribution is 5.42. The van der Waals surface area contributed by atoms with E-state index in [9.17, 15) is 0 Å². The van der Waals surface area contributed by atoms with Gasteiger partial charge in [0.1, 0.15) is 11.5 Å². The van der Waals surface area contributed by atoms with E-state index in [-0.39, 0.29) is 16.5 Å². The van der Waals surface area contributed by atoms with Gasteiger partial charge in [-0.2, -0.15) is 10.2 Å². The Hall–Kier alpha value is -2.76. The highest BCUT2D eigenvalue weighted by atomic mass is 16.5. The summed E-state index contributed by atoms with van der Waals surface area (Å²) in [6, 6.07) is 17.1. The van der Waals surface area contributed by atoms with Gasteiger partial charge in [-0.25, -0.2) is 0 Å². The van der Waals surface area contributed by atoms with E-state index in [4.69, 9.17) is 19.7 Å². The third-order valence-electron chi connectivity index (χ3n) is 8.10. The maximum atomic E-state index is 6.56. The summed E-state index contributed by atoms with van der Waals surface area (Å²) in [6.07, 6.45) is 10.6. The monoisotopic (exact) mass is 560 g/mol. The molecule has 2 aliphatic carbocycles. The number of rotatable bonds is 8. The molecule has 0 saturated heterocycles. The fraction of sp³-hybridized carbons (Fsp3) is 0.657. The normalized spacial score (nSPS) is 19.9. The van der Waals surface area contributed by atoms with E-state index < -0.39 is 11.4 Å². The van der Waals surface area contributed by atoms with Crippen LogP contribution in [0.5, 0.6) is 11.5 Å². The minimum absolute atomic E-state index is 0.181. The van der Waals surface area contributed by atoms with Gasteiger partial charge in [-0.3, -0.25) is 0 Å². The lowest BCUT2D eigenvalue weighted by Crippen LogP contribution is -2.36. The quantitative estimate of drug-likeness (QED) is 0.301. The molecule has 2 aliphatic rings. The zero-order valence-corrected chi connectivity index (χ0v) is 26.8. The molecule has 0 amide bonds. The molecule has 0 aliphatic heterocycles. The van der Waals surface area contributed by atoms with Gasteiger partial charge in [0.25, 0.3) is 0 Å². The second-order valence-corrected chi connectivity index (χ2v) is 14.6. The van der Waals surface area contributed by atoms with Crippen molar-refractivity contribution in [3.05, 3.63) is 59.7 Å². The highest BCUT2D eigenvalue weighted by Crippen LogP contribution is 2.39. The van der Waals surface area contributed by atoms with E-state index in [2.05, 4.69) is 114 Å². The molecule has 2 saturated carbocycles. The minimum Gasteiger partial charge on any atom is -0.465 e. The van der Waals surface area contributed by atoms with Gasteiger partial charge in [0, 0.05) is 31.1 Å². The second kappa shape index (κ2) is 12.2. The SMILES string of the molecule is CC(C)(C)N=NC1(Oc2ccc(C(C)(C)c3ccc(OC4(N=NC(C)(C)C)CCCCC4)cc3)cc2)CCCCC1. The van der Waals surface area contributed by atoms with E-state index in [0.717, 1.165) is 62.9 Å². The average molecular weight is 561 g/mol. The molecular weight excluding hydrogens is 508 g/mol. The van der Waals surface area contributed by atoms with Crippen molar-refractivity contribution < 1.29 is 9.47 Å². The highest BCUT2D eigenvalue weighted by Gasteiger charge is 2.36. The number of azo groups is 2. The first-order valence-electron chi connectivity index (χ1n) is 15.7. The van der Waals surface area contributed by atoms with Crippen LogP contribution < -0.4 is 9.47 Å². The molecule has 6 nitrogen and oxygen atoms in total. The molecule has 2 fully saturated rings. The lowest BCUT2D eigenvalue weighted by atomic mass is 9.78. The lowest BCUT2D eigenvalue weighted by molar-refractivity contribution is 0.0288. The van der Waals surface area contributed by atoms with Gasteiger partial charge in [0.2, 0.25) is 11.4 Å². The van der Waals surface area contributed by atoms with Crippen molar-refractivity contribution in [2.24, 2.45) is 20.5 Å². The summed E-state index contributed by atoms with van der Waals surface area (Å²) in [5.41, 5.74) is 0.748. The van der Waals surface area contributed by atoms with Crippen molar-refractivity contribution in [1.82, 2.24) is 0 Å². The molecule has 2 aromatic carbocycles. The van der Waals surface area contributed by atoms with Crippen LogP contribution in [0, 0.1) is 0 Å². The van der Waals surface area contributed by atoms with Gasteiger partial charge >= 0.3 is 0 Å². The van der Waals surface area contributed by atoms with E-state index in [1.165, 1.54) is 24.0 Å². The average Bonchev–Trinajstić information content (AvgIpc) is 2.92. The topological polar surface area (TPSA) is 67.9 Å². The Labute approximate surface area is 248 Å². The molecule has 224 valence electrons. The Morgan fingerprint density at radius 3 is 1.10 bits per heavy atom. The van der Waals surface area contributed by atoms with Crippen molar-refractivity contribution in [2.45, 2.75) is 148 Å². The Kier molecular flexibility index (Phi) is 9.30. The molecule has 41 heavy (non-hydrogen) atoms. The van der Waals surface area contributed by atoms with E-state index in [1.807, 2.05) is 0 Å². The summed E-state index contributed by atoms with van der Waals surface area (Å²) in [5, 5.41) is 18.7. The zero-order chi connectivity index (χ0) is 29.8. The van der Waals surface area contributed by atoms with Gasteiger partial charge in [-0.15, -0.1) is 10.2 Å². The molecule has 0 aromatic heterocycles. The summed E-state index contributed by atoms with van der Waals surface area (Å²) in [5.74, 6) is 1.70. The molecule has 0 bridgehead atoms. The molecular formula is C35H52N4O2. The summed E-state index contributed by atoms with van der Waals surface area (Å²) in [4.78, 5) is 0. The van der Waals surface area contributed by atoms with E-state index in [0.29, 0.717) is 0 Å². The van der Waals surface area contributed by atoms with Gasteiger partial charge in [0.05, 0.1) is 11.1 Å². The summed E-state index contributed by atoms with van der Waals surface area (Å²) >= 11 is 0. The molecule has 0 heterocycles. The van der Waals surface area contributed by atoms with E-state index >= 15 is 0 Å². The third-order valence-corrected chi connectivity index (χ3v) is 8.10. The number of benzene rings is 2. The Morgan fingerprint density at radius 2 is 0.805 bits per heavy atom. The van der Waals surface area contributed by atoms with Crippen molar-refractivity contribution in [3.63, 3.8) is 0 Å². The van der Waals surface area contributed by atoms with Crippen molar-refractivity contribution in [2.75, 3.05) is 0 Å². The molecule has 0 spiro atoms. The molecule has 4 rings (SSSR count). The van der Waals surface area contributed by atoms with Gasteiger partial charge in [-0.1, -0.05) is 51.0 Å². The maximum absolute atomic E-state index is 6.56. The Bertz CT molecular complexity index is 1080. The summed E-state index contributed by atoms with van der Waals surface area (Å²) < 4.78 is 13.1. The molecule has 6 heteroatoms. The van der Waals surface area contributed by atoms with Crippen LogP contribution in [-0.2, 0) is 5.41 Å². The molecule has 0 N–H and O–H groups in total. The van der Waals surface area contributed by atoms with Crippen LogP contribution in [0.15, 0.2) is 69.0 Å². The number of hydrogen-bond donors (Lipinski definition) is 0. The first-order valence-corrected chi connectivity index (χ1v) is 15.7. The van der Waals surface area contributed by atoms with Gasteiger partial charge in [-0.05, 0) is 103 Å². The zero-order valence-electron chi connectivity index (χ0n) is 26.8. The van der Waals surface area contributed by atoms with Crippen molar-refractivity contribution >= 4 is 0 Å². The molecule has 2 aromatic rings. The van der Waals surface area contributed by atoms with Crippen LogP contribution in [0.2, 0.25) is 0 Å². The van der Waals surface area contributed by atoms with Crippen molar-refractivity contribution in [3.8, 4) is 11.5 Å². The van der Waals surface area contributed by atoms with Crippen LogP contribution >= 0.6 is 0 Å². The maximum Gasteiger partial charge on any atom is 0.218 e. The first-order chi connectivity index (χ1) is 19.2. The fourth-order valence-corrected chi connectivity index (χ4v) is 5.62. The second-order valence-electron chi connectivity index (χ2n) is 14.6. The molecule has 0 atom stereocenters. The predicted molar refractivity (Wildman–Crippen MR) is 167 cm³/mol.